The maximum atomic E-state index is 11.3. The van der Waals surface area contributed by atoms with Gasteiger partial charge in [0.15, 0.2) is 0 Å². The maximum Gasteiger partial charge on any atom is 0.230 e. The quantitative estimate of drug-likeness (QED) is 0.801. The number of hydrogen-bond acceptors (Lipinski definition) is 2. The van der Waals surface area contributed by atoms with Crippen LogP contribution in [-0.2, 0) is 9.53 Å². The van der Waals surface area contributed by atoms with Crippen LogP contribution in [0.3, 0.4) is 0 Å². The van der Waals surface area contributed by atoms with E-state index in [1.54, 1.807) is 0 Å². The average Bonchev–Trinajstić information content (AvgIpc) is 2.29. The zero-order valence-corrected chi connectivity index (χ0v) is 11.1. The molecule has 1 atom stereocenters. The van der Waals surface area contributed by atoms with Gasteiger partial charge in [0.1, 0.15) is 0 Å². The molecule has 3 nitrogen and oxygen atoms in total. The van der Waals surface area contributed by atoms with Crippen molar-refractivity contribution < 1.29 is 9.53 Å². The van der Waals surface area contributed by atoms with E-state index in [1.165, 1.54) is 0 Å². The fourth-order valence-electron chi connectivity index (χ4n) is 2.16. The molecule has 4 heteroatoms. The fourth-order valence-corrected chi connectivity index (χ4v) is 2.32. The molecule has 1 fully saturated rings. The molecular formula is C11H20BrNO2. The predicted octanol–water partition coefficient (Wildman–Crippen LogP) is 2.24. The van der Waals surface area contributed by atoms with Gasteiger partial charge in [-0.25, -0.2) is 0 Å². The largest absolute Gasteiger partial charge is 0.375 e. The fraction of sp³-hybridized carbons (Fsp3) is 0.909. The van der Waals surface area contributed by atoms with Crippen molar-refractivity contribution in [3.8, 4) is 0 Å². The van der Waals surface area contributed by atoms with Crippen molar-refractivity contribution in [2.45, 2.75) is 51.2 Å². The first-order valence-corrected chi connectivity index (χ1v) is 6.77. The Balaban J connectivity index is 2.51. The SMILES string of the molecule is CCC1(CC)CC(NC(=O)CBr)CCO1. The molecule has 88 valence electrons. The van der Waals surface area contributed by atoms with E-state index < -0.39 is 0 Å². The zero-order valence-electron chi connectivity index (χ0n) is 9.51. The first-order valence-electron chi connectivity index (χ1n) is 5.65. The Hall–Kier alpha value is -0.0900. The minimum Gasteiger partial charge on any atom is -0.375 e. The van der Waals surface area contributed by atoms with E-state index in [-0.39, 0.29) is 17.6 Å². The van der Waals surface area contributed by atoms with Gasteiger partial charge >= 0.3 is 0 Å². The second-order valence-electron chi connectivity index (χ2n) is 4.13. The Labute approximate surface area is 100 Å². The van der Waals surface area contributed by atoms with Gasteiger partial charge in [-0.15, -0.1) is 0 Å². The first kappa shape index (κ1) is 13.0. The van der Waals surface area contributed by atoms with Crippen LogP contribution in [0.2, 0.25) is 0 Å². The Morgan fingerprint density at radius 2 is 2.20 bits per heavy atom. The van der Waals surface area contributed by atoms with Gasteiger partial charge in [-0.3, -0.25) is 4.79 Å². The molecule has 15 heavy (non-hydrogen) atoms. The van der Waals surface area contributed by atoms with E-state index in [2.05, 4.69) is 35.1 Å². The molecular weight excluding hydrogens is 258 g/mol. The van der Waals surface area contributed by atoms with Crippen LogP contribution in [0.4, 0.5) is 0 Å². The second-order valence-corrected chi connectivity index (χ2v) is 4.69. The smallest absolute Gasteiger partial charge is 0.230 e. The summed E-state index contributed by atoms with van der Waals surface area (Å²) in [4.78, 5) is 11.3. The van der Waals surface area contributed by atoms with E-state index in [0.29, 0.717) is 5.33 Å². The molecule has 0 bridgehead atoms. The third-order valence-corrected chi connectivity index (χ3v) is 3.78. The van der Waals surface area contributed by atoms with E-state index in [0.717, 1.165) is 32.3 Å². The highest BCUT2D eigenvalue weighted by molar-refractivity contribution is 9.09. The molecule has 1 saturated heterocycles. The van der Waals surface area contributed by atoms with E-state index in [1.807, 2.05) is 0 Å². The van der Waals surface area contributed by atoms with Gasteiger partial charge < -0.3 is 10.1 Å². The Bertz CT molecular complexity index is 217. The van der Waals surface area contributed by atoms with Crippen LogP contribution < -0.4 is 5.32 Å². The van der Waals surface area contributed by atoms with Crippen molar-refractivity contribution in [1.29, 1.82) is 0 Å². The van der Waals surface area contributed by atoms with Gasteiger partial charge in [0, 0.05) is 12.6 Å². The van der Waals surface area contributed by atoms with Crippen molar-refractivity contribution in [3.05, 3.63) is 0 Å². The molecule has 1 aliphatic rings. The van der Waals surface area contributed by atoms with Crippen LogP contribution in [-0.4, -0.2) is 29.5 Å². The lowest BCUT2D eigenvalue weighted by molar-refractivity contribution is -0.123. The van der Waals surface area contributed by atoms with Crippen molar-refractivity contribution in [3.63, 3.8) is 0 Å². The lowest BCUT2D eigenvalue weighted by Gasteiger charge is -2.40. The molecule has 1 rings (SSSR count). The van der Waals surface area contributed by atoms with Crippen molar-refractivity contribution >= 4 is 21.8 Å². The van der Waals surface area contributed by atoms with E-state index >= 15 is 0 Å². The summed E-state index contributed by atoms with van der Waals surface area (Å²) in [6.07, 6.45) is 3.91. The monoisotopic (exact) mass is 277 g/mol. The lowest BCUT2D eigenvalue weighted by atomic mass is 9.86. The number of amides is 1. The standard InChI is InChI=1S/C11H20BrNO2/c1-3-11(4-2)7-9(5-6-15-11)13-10(14)8-12/h9H,3-8H2,1-2H3,(H,13,14). The number of hydrogen-bond donors (Lipinski definition) is 1. The van der Waals surface area contributed by atoms with Crippen LogP contribution in [0.15, 0.2) is 0 Å². The molecule has 0 aromatic heterocycles. The summed E-state index contributed by atoms with van der Waals surface area (Å²) in [6, 6.07) is 0.281. The maximum absolute atomic E-state index is 11.3. The van der Waals surface area contributed by atoms with Crippen LogP contribution in [0, 0.1) is 0 Å². The first-order chi connectivity index (χ1) is 7.15. The van der Waals surface area contributed by atoms with E-state index in [4.69, 9.17) is 4.74 Å². The summed E-state index contributed by atoms with van der Waals surface area (Å²) >= 11 is 3.16. The third-order valence-electron chi connectivity index (χ3n) is 3.27. The number of carbonyl (C=O) groups excluding carboxylic acids is 1. The predicted molar refractivity (Wildman–Crippen MR) is 64.2 cm³/mol. The number of nitrogens with one attached hydrogen (secondary N) is 1. The topological polar surface area (TPSA) is 38.3 Å². The molecule has 0 aliphatic carbocycles. The summed E-state index contributed by atoms with van der Waals surface area (Å²) < 4.78 is 5.85. The van der Waals surface area contributed by atoms with Gasteiger partial charge in [-0.05, 0) is 25.7 Å². The number of alkyl halides is 1. The molecule has 0 radical (unpaired) electrons. The Morgan fingerprint density at radius 3 is 2.73 bits per heavy atom. The molecule has 0 aromatic carbocycles. The number of rotatable bonds is 4. The molecule has 1 unspecified atom stereocenters. The minimum absolute atomic E-state index is 0.0114. The zero-order chi connectivity index (χ0) is 11.3. The Morgan fingerprint density at radius 1 is 1.53 bits per heavy atom. The van der Waals surface area contributed by atoms with Gasteiger partial charge in [0.25, 0.3) is 0 Å². The summed E-state index contributed by atoms with van der Waals surface area (Å²) in [5.74, 6) is 0.0722. The molecule has 0 spiro atoms. The van der Waals surface area contributed by atoms with Crippen LogP contribution in [0.1, 0.15) is 39.5 Å². The lowest BCUT2D eigenvalue weighted by Crippen LogP contribution is -2.48. The van der Waals surface area contributed by atoms with Gasteiger partial charge in [0.2, 0.25) is 5.91 Å². The average molecular weight is 278 g/mol. The molecule has 1 heterocycles. The highest BCUT2D eigenvalue weighted by Gasteiger charge is 2.34. The van der Waals surface area contributed by atoms with Crippen LogP contribution in [0.25, 0.3) is 0 Å². The van der Waals surface area contributed by atoms with Gasteiger partial charge in [0.05, 0.1) is 10.9 Å². The number of carbonyl (C=O) groups is 1. The molecule has 1 N–H and O–H groups in total. The highest BCUT2D eigenvalue weighted by Crippen LogP contribution is 2.31. The van der Waals surface area contributed by atoms with Crippen LogP contribution >= 0.6 is 15.9 Å². The molecule has 0 saturated carbocycles. The van der Waals surface area contributed by atoms with Crippen LogP contribution in [0.5, 0.6) is 0 Å². The van der Waals surface area contributed by atoms with Crippen molar-refractivity contribution in [2.24, 2.45) is 0 Å². The Kier molecular flexibility index (Phi) is 5.06. The molecule has 1 amide bonds. The highest BCUT2D eigenvalue weighted by atomic mass is 79.9. The normalized spacial score (nSPS) is 24.9. The summed E-state index contributed by atoms with van der Waals surface area (Å²) in [5.41, 5.74) is -0.0114. The number of halogens is 1. The third kappa shape index (κ3) is 3.45. The minimum atomic E-state index is -0.0114. The van der Waals surface area contributed by atoms with Crippen molar-refractivity contribution in [1.82, 2.24) is 5.32 Å². The second kappa shape index (κ2) is 5.85. The molecule has 1 aliphatic heterocycles. The summed E-state index contributed by atoms with van der Waals surface area (Å²) in [5, 5.41) is 3.41. The molecule has 0 aromatic rings. The number of ether oxygens (including phenoxy) is 1. The van der Waals surface area contributed by atoms with Gasteiger partial charge in [-0.2, -0.15) is 0 Å². The van der Waals surface area contributed by atoms with Gasteiger partial charge in [-0.1, -0.05) is 29.8 Å². The summed E-state index contributed by atoms with van der Waals surface area (Å²) in [6.45, 7) is 5.06. The van der Waals surface area contributed by atoms with E-state index in [9.17, 15) is 4.79 Å². The summed E-state index contributed by atoms with van der Waals surface area (Å²) in [7, 11) is 0. The van der Waals surface area contributed by atoms with Crippen molar-refractivity contribution in [2.75, 3.05) is 11.9 Å².